The van der Waals surface area contributed by atoms with Gasteiger partial charge in [-0.15, -0.1) is 0 Å². The Bertz CT molecular complexity index is 696. The van der Waals surface area contributed by atoms with Gasteiger partial charge in [0, 0.05) is 30.0 Å². The van der Waals surface area contributed by atoms with Crippen LogP contribution in [0.1, 0.15) is 19.3 Å². The van der Waals surface area contributed by atoms with Crippen molar-refractivity contribution in [2.75, 3.05) is 11.9 Å². The number of nitrogens with two attached hydrogens (primary N) is 1. The van der Waals surface area contributed by atoms with Crippen LogP contribution in [0.25, 0.3) is 5.69 Å². The van der Waals surface area contributed by atoms with Gasteiger partial charge in [-0.1, -0.05) is 0 Å². The number of amides is 2. The van der Waals surface area contributed by atoms with Gasteiger partial charge < -0.3 is 16.4 Å². The van der Waals surface area contributed by atoms with E-state index in [1.54, 1.807) is 23.0 Å². The van der Waals surface area contributed by atoms with E-state index in [4.69, 9.17) is 5.73 Å². The van der Waals surface area contributed by atoms with Crippen LogP contribution in [0.2, 0.25) is 0 Å². The van der Waals surface area contributed by atoms with E-state index in [1.807, 2.05) is 24.4 Å². The number of anilines is 1. The minimum absolute atomic E-state index is 0.0362. The highest BCUT2D eigenvalue weighted by Crippen LogP contribution is 2.23. The first-order valence-corrected chi connectivity index (χ1v) is 8.05. The Morgan fingerprint density at radius 1 is 1.25 bits per heavy atom. The third kappa shape index (κ3) is 3.99. The average Bonchev–Trinajstić information content (AvgIpc) is 3.25. The zero-order chi connectivity index (χ0) is 16.9. The zero-order valence-corrected chi connectivity index (χ0v) is 13.3. The molecule has 2 aromatic rings. The summed E-state index contributed by atoms with van der Waals surface area (Å²) in [6.07, 6.45) is 5.91. The largest absolute Gasteiger partial charge is 0.347 e. The second-order valence-electron chi connectivity index (χ2n) is 6.03. The number of nitrogens with zero attached hydrogens (tertiary/aromatic N) is 2. The van der Waals surface area contributed by atoms with Crippen molar-refractivity contribution in [1.82, 2.24) is 15.1 Å². The number of hydrogen-bond donors (Lipinski definition) is 3. The van der Waals surface area contributed by atoms with Gasteiger partial charge in [-0.3, -0.25) is 9.59 Å². The summed E-state index contributed by atoms with van der Waals surface area (Å²) in [5.74, 6) is -0.411. The highest BCUT2D eigenvalue weighted by atomic mass is 16.2. The molecular weight excluding hydrogens is 306 g/mol. The molecule has 4 N–H and O–H groups in total. The molecule has 2 atom stereocenters. The molecule has 24 heavy (non-hydrogen) atoms. The first kappa shape index (κ1) is 16.2. The maximum Gasteiger partial charge on any atom is 0.243 e. The quantitative estimate of drug-likeness (QED) is 0.764. The number of benzene rings is 1. The fourth-order valence-electron chi connectivity index (χ4n) is 2.89. The summed E-state index contributed by atoms with van der Waals surface area (Å²) in [7, 11) is 0. The van der Waals surface area contributed by atoms with E-state index in [1.165, 1.54) is 0 Å². The van der Waals surface area contributed by atoms with Gasteiger partial charge in [-0.2, -0.15) is 5.10 Å². The molecule has 1 aromatic carbocycles. The summed E-state index contributed by atoms with van der Waals surface area (Å²) in [6, 6.07) is 9.26. The highest BCUT2D eigenvalue weighted by molar-refractivity contribution is 5.94. The molecule has 1 aromatic heterocycles. The van der Waals surface area contributed by atoms with Crippen LogP contribution in [-0.2, 0) is 9.59 Å². The monoisotopic (exact) mass is 327 g/mol. The van der Waals surface area contributed by atoms with Crippen molar-refractivity contribution in [3.05, 3.63) is 42.7 Å². The predicted molar refractivity (Wildman–Crippen MR) is 90.5 cm³/mol. The number of hydrogen-bond acceptors (Lipinski definition) is 4. The lowest BCUT2D eigenvalue weighted by Crippen LogP contribution is -2.36. The third-order valence-electron chi connectivity index (χ3n) is 4.19. The number of rotatable bonds is 5. The van der Waals surface area contributed by atoms with Crippen LogP contribution in [0.15, 0.2) is 42.7 Å². The molecular formula is C17H21N5O2. The maximum atomic E-state index is 12.0. The molecule has 7 nitrogen and oxygen atoms in total. The zero-order valence-electron chi connectivity index (χ0n) is 13.3. The predicted octanol–water partition coefficient (Wildman–Crippen LogP) is 1.05. The van der Waals surface area contributed by atoms with Gasteiger partial charge in [-0.25, -0.2) is 4.68 Å². The number of aromatic nitrogens is 2. The number of carbonyl (C=O) groups excluding carboxylic acids is 2. The van der Waals surface area contributed by atoms with E-state index in [-0.39, 0.29) is 30.3 Å². The van der Waals surface area contributed by atoms with E-state index in [9.17, 15) is 9.59 Å². The standard InChI is InChI=1S/C17H21N5O2/c18-13-3-2-12(10-13)17(24)19-11-16(23)21-14-4-6-15(7-5-14)22-9-1-8-20-22/h1,4-9,12-13H,2-3,10-11,18H2,(H,19,24)(H,21,23). The smallest absolute Gasteiger partial charge is 0.243 e. The van der Waals surface area contributed by atoms with Crippen LogP contribution in [0.5, 0.6) is 0 Å². The van der Waals surface area contributed by atoms with E-state index in [0.717, 1.165) is 18.5 Å². The SMILES string of the molecule is NC1CCC(C(=O)NCC(=O)Nc2ccc(-n3cccn3)cc2)C1. The van der Waals surface area contributed by atoms with Crippen molar-refractivity contribution in [1.29, 1.82) is 0 Å². The molecule has 1 heterocycles. The van der Waals surface area contributed by atoms with Gasteiger partial charge >= 0.3 is 0 Å². The van der Waals surface area contributed by atoms with Crippen LogP contribution in [-0.4, -0.2) is 34.2 Å². The molecule has 0 aliphatic heterocycles. The Labute approximate surface area is 140 Å². The molecule has 1 fully saturated rings. The van der Waals surface area contributed by atoms with Gasteiger partial charge in [0.1, 0.15) is 0 Å². The van der Waals surface area contributed by atoms with Gasteiger partial charge in [0.05, 0.1) is 12.2 Å². The molecule has 1 saturated carbocycles. The van der Waals surface area contributed by atoms with Crippen molar-refractivity contribution in [2.45, 2.75) is 25.3 Å². The summed E-state index contributed by atoms with van der Waals surface area (Å²) < 4.78 is 1.73. The number of nitrogens with one attached hydrogen (secondary N) is 2. The van der Waals surface area contributed by atoms with Crippen LogP contribution < -0.4 is 16.4 Å². The van der Waals surface area contributed by atoms with Crippen LogP contribution in [0, 0.1) is 5.92 Å². The molecule has 3 rings (SSSR count). The Hall–Kier alpha value is -2.67. The molecule has 1 aliphatic rings. The molecule has 1 aliphatic carbocycles. The average molecular weight is 327 g/mol. The molecule has 0 radical (unpaired) electrons. The molecule has 7 heteroatoms. The second kappa shape index (κ2) is 7.27. The first-order valence-electron chi connectivity index (χ1n) is 8.05. The summed E-state index contributed by atoms with van der Waals surface area (Å²) in [5, 5.41) is 9.58. The molecule has 0 saturated heterocycles. The van der Waals surface area contributed by atoms with Gasteiger partial charge in [-0.05, 0) is 49.6 Å². The molecule has 2 unspecified atom stereocenters. The Morgan fingerprint density at radius 3 is 2.67 bits per heavy atom. The first-order chi connectivity index (χ1) is 11.6. The minimum atomic E-state index is -0.252. The lowest BCUT2D eigenvalue weighted by molar-refractivity contribution is -0.127. The van der Waals surface area contributed by atoms with Crippen LogP contribution in [0.3, 0.4) is 0 Å². The summed E-state index contributed by atoms with van der Waals surface area (Å²) >= 11 is 0. The van der Waals surface area contributed by atoms with Gasteiger partial charge in [0.15, 0.2) is 0 Å². The fourth-order valence-corrected chi connectivity index (χ4v) is 2.89. The molecule has 0 bridgehead atoms. The minimum Gasteiger partial charge on any atom is -0.347 e. The summed E-state index contributed by atoms with van der Waals surface area (Å²) in [4.78, 5) is 23.9. The van der Waals surface area contributed by atoms with Crippen LogP contribution in [0.4, 0.5) is 5.69 Å². The van der Waals surface area contributed by atoms with E-state index in [0.29, 0.717) is 12.1 Å². The van der Waals surface area contributed by atoms with E-state index < -0.39 is 0 Å². The van der Waals surface area contributed by atoms with Crippen LogP contribution >= 0.6 is 0 Å². The second-order valence-corrected chi connectivity index (χ2v) is 6.03. The third-order valence-corrected chi connectivity index (χ3v) is 4.19. The summed E-state index contributed by atoms with van der Waals surface area (Å²) in [5.41, 5.74) is 7.38. The van der Waals surface area contributed by atoms with Crippen molar-refractivity contribution < 1.29 is 9.59 Å². The van der Waals surface area contributed by atoms with E-state index in [2.05, 4.69) is 15.7 Å². The van der Waals surface area contributed by atoms with Gasteiger partial charge in [0.2, 0.25) is 11.8 Å². The number of carbonyl (C=O) groups is 2. The van der Waals surface area contributed by atoms with Gasteiger partial charge in [0.25, 0.3) is 0 Å². The molecule has 2 amide bonds. The lowest BCUT2D eigenvalue weighted by atomic mass is 10.1. The van der Waals surface area contributed by atoms with Crippen molar-refractivity contribution >= 4 is 17.5 Å². The maximum absolute atomic E-state index is 12.0. The summed E-state index contributed by atoms with van der Waals surface area (Å²) in [6.45, 7) is -0.0362. The van der Waals surface area contributed by atoms with Crippen molar-refractivity contribution in [3.63, 3.8) is 0 Å². The fraction of sp³-hybridized carbons (Fsp3) is 0.353. The molecule has 0 spiro atoms. The van der Waals surface area contributed by atoms with Crippen molar-refractivity contribution in [2.24, 2.45) is 11.7 Å². The lowest BCUT2D eigenvalue weighted by Gasteiger charge is -2.11. The van der Waals surface area contributed by atoms with E-state index >= 15 is 0 Å². The Morgan fingerprint density at radius 2 is 2.04 bits per heavy atom. The molecule has 126 valence electrons. The normalized spacial score (nSPS) is 19.9. The Kier molecular flexibility index (Phi) is 4.90. The van der Waals surface area contributed by atoms with Crippen molar-refractivity contribution in [3.8, 4) is 5.69 Å². The highest BCUT2D eigenvalue weighted by Gasteiger charge is 2.27. The Balaban J connectivity index is 1.47. The topological polar surface area (TPSA) is 102 Å².